The molecular formula is C16H18N2O2. The molecule has 0 saturated heterocycles. The molecule has 2 aromatic rings. The lowest BCUT2D eigenvalue weighted by Gasteiger charge is -2.19. The molecule has 2 heterocycles. The predicted octanol–water partition coefficient (Wildman–Crippen LogP) is 2.16. The first-order valence-electron chi connectivity index (χ1n) is 6.89. The van der Waals surface area contributed by atoms with E-state index < -0.39 is 0 Å². The molecule has 0 bridgehead atoms. The summed E-state index contributed by atoms with van der Waals surface area (Å²) in [7, 11) is 0. The van der Waals surface area contributed by atoms with Gasteiger partial charge in [0.2, 0.25) is 0 Å². The number of benzene rings is 1. The van der Waals surface area contributed by atoms with Crippen molar-refractivity contribution in [1.82, 2.24) is 10.6 Å². The average Bonchev–Trinajstić information content (AvgIpc) is 2.90. The van der Waals surface area contributed by atoms with Crippen molar-refractivity contribution in [2.75, 3.05) is 6.54 Å². The van der Waals surface area contributed by atoms with Gasteiger partial charge in [-0.25, -0.2) is 0 Å². The fraction of sp³-hybridized carbons (Fsp3) is 0.312. The van der Waals surface area contributed by atoms with E-state index in [0.29, 0.717) is 6.54 Å². The van der Waals surface area contributed by atoms with Crippen molar-refractivity contribution in [2.45, 2.75) is 26.4 Å². The number of hydrogen-bond donors (Lipinski definition) is 2. The third-order valence-corrected chi connectivity index (χ3v) is 3.60. The van der Waals surface area contributed by atoms with Gasteiger partial charge >= 0.3 is 0 Å². The Kier molecular flexibility index (Phi) is 3.56. The molecule has 0 unspecified atom stereocenters. The lowest BCUT2D eigenvalue weighted by atomic mass is 9.95. The largest absolute Gasteiger partial charge is 0.465 e. The summed E-state index contributed by atoms with van der Waals surface area (Å²) in [6.07, 6.45) is 0.902. The Hall–Kier alpha value is -2.07. The van der Waals surface area contributed by atoms with E-state index in [-0.39, 0.29) is 5.91 Å². The van der Waals surface area contributed by atoms with Gasteiger partial charge in [-0.15, -0.1) is 0 Å². The first-order valence-corrected chi connectivity index (χ1v) is 6.89. The maximum atomic E-state index is 12.3. The minimum absolute atomic E-state index is 0.0298. The SMILES string of the molecule is Cc1ccc(CNC(=O)c2cccc3c2CCNC3)o1. The fourth-order valence-electron chi connectivity index (χ4n) is 2.59. The van der Waals surface area contributed by atoms with E-state index in [4.69, 9.17) is 4.42 Å². The number of amides is 1. The van der Waals surface area contributed by atoms with Gasteiger partial charge in [0.15, 0.2) is 0 Å². The number of fused-ring (bicyclic) bond motifs is 1. The maximum Gasteiger partial charge on any atom is 0.251 e. The minimum Gasteiger partial charge on any atom is -0.465 e. The maximum absolute atomic E-state index is 12.3. The number of hydrogen-bond acceptors (Lipinski definition) is 3. The van der Waals surface area contributed by atoms with Crippen LogP contribution in [0.5, 0.6) is 0 Å². The van der Waals surface area contributed by atoms with Crippen molar-refractivity contribution in [3.05, 3.63) is 58.5 Å². The molecule has 0 spiro atoms. The van der Waals surface area contributed by atoms with E-state index in [9.17, 15) is 4.79 Å². The minimum atomic E-state index is -0.0298. The average molecular weight is 270 g/mol. The zero-order chi connectivity index (χ0) is 13.9. The highest BCUT2D eigenvalue weighted by Gasteiger charge is 2.17. The molecule has 1 aromatic carbocycles. The van der Waals surface area contributed by atoms with Gasteiger partial charge < -0.3 is 15.1 Å². The Morgan fingerprint density at radius 3 is 3.05 bits per heavy atom. The van der Waals surface area contributed by atoms with Crippen LogP contribution in [0.15, 0.2) is 34.7 Å². The zero-order valence-corrected chi connectivity index (χ0v) is 11.5. The molecular weight excluding hydrogens is 252 g/mol. The molecule has 0 radical (unpaired) electrons. The second kappa shape index (κ2) is 5.51. The van der Waals surface area contributed by atoms with Crippen LogP contribution in [0.3, 0.4) is 0 Å². The van der Waals surface area contributed by atoms with Crippen molar-refractivity contribution >= 4 is 5.91 Å². The molecule has 0 saturated carbocycles. The number of furan rings is 1. The Balaban J connectivity index is 1.74. The third-order valence-electron chi connectivity index (χ3n) is 3.60. The van der Waals surface area contributed by atoms with Crippen molar-refractivity contribution in [3.63, 3.8) is 0 Å². The molecule has 0 fully saturated rings. The van der Waals surface area contributed by atoms with Crippen molar-refractivity contribution < 1.29 is 9.21 Å². The summed E-state index contributed by atoms with van der Waals surface area (Å²) >= 11 is 0. The monoisotopic (exact) mass is 270 g/mol. The highest BCUT2D eigenvalue weighted by Crippen LogP contribution is 2.18. The second-order valence-corrected chi connectivity index (χ2v) is 5.07. The summed E-state index contributed by atoms with van der Waals surface area (Å²) in [6, 6.07) is 9.70. The number of aryl methyl sites for hydroxylation is 1. The van der Waals surface area contributed by atoms with Gasteiger partial charge in [-0.05, 0) is 49.2 Å². The van der Waals surface area contributed by atoms with E-state index in [1.54, 1.807) is 0 Å². The summed E-state index contributed by atoms with van der Waals surface area (Å²) in [5.74, 6) is 1.61. The summed E-state index contributed by atoms with van der Waals surface area (Å²) in [6.45, 7) is 4.09. The molecule has 0 atom stereocenters. The van der Waals surface area contributed by atoms with E-state index in [2.05, 4.69) is 16.7 Å². The van der Waals surface area contributed by atoms with Crippen LogP contribution in [0.1, 0.15) is 33.0 Å². The van der Waals surface area contributed by atoms with Crippen LogP contribution < -0.4 is 10.6 Å². The van der Waals surface area contributed by atoms with Crippen LogP contribution in [-0.2, 0) is 19.5 Å². The van der Waals surface area contributed by atoms with Crippen LogP contribution in [0.25, 0.3) is 0 Å². The zero-order valence-electron chi connectivity index (χ0n) is 11.5. The van der Waals surface area contributed by atoms with Gasteiger partial charge in [0, 0.05) is 12.1 Å². The van der Waals surface area contributed by atoms with Gasteiger partial charge in [-0.3, -0.25) is 4.79 Å². The van der Waals surface area contributed by atoms with Crippen molar-refractivity contribution in [3.8, 4) is 0 Å². The number of carbonyl (C=O) groups is 1. The summed E-state index contributed by atoms with van der Waals surface area (Å²) in [5, 5.41) is 6.25. The molecule has 0 aliphatic carbocycles. The standard InChI is InChI=1S/C16H18N2O2/c1-11-5-6-13(20-11)10-18-16(19)15-4-2-3-12-9-17-8-7-14(12)15/h2-6,17H,7-10H2,1H3,(H,18,19). The first-order chi connectivity index (χ1) is 9.74. The number of carbonyl (C=O) groups excluding carboxylic acids is 1. The van der Waals surface area contributed by atoms with Crippen molar-refractivity contribution in [1.29, 1.82) is 0 Å². The Morgan fingerprint density at radius 1 is 1.35 bits per heavy atom. The van der Waals surface area contributed by atoms with Crippen LogP contribution in [-0.4, -0.2) is 12.5 Å². The normalized spacial score (nSPS) is 13.8. The Morgan fingerprint density at radius 2 is 2.25 bits per heavy atom. The van der Waals surface area contributed by atoms with E-state index >= 15 is 0 Å². The second-order valence-electron chi connectivity index (χ2n) is 5.07. The lowest BCUT2D eigenvalue weighted by Crippen LogP contribution is -2.29. The quantitative estimate of drug-likeness (QED) is 0.898. The molecule has 104 valence electrons. The first kappa shape index (κ1) is 12.9. The molecule has 1 aliphatic heterocycles. The summed E-state index contributed by atoms with van der Waals surface area (Å²) < 4.78 is 5.46. The van der Waals surface area contributed by atoms with E-state index in [0.717, 1.165) is 36.6 Å². The topological polar surface area (TPSA) is 54.3 Å². The van der Waals surface area contributed by atoms with Gasteiger partial charge in [-0.1, -0.05) is 12.1 Å². The van der Waals surface area contributed by atoms with Crippen LogP contribution >= 0.6 is 0 Å². The fourth-order valence-corrected chi connectivity index (χ4v) is 2.59. The molecule has 1 aliphatic rings. The molecule has 1 amide bonds. The van der Waals surface area contributed by atoms with Crippen LogP contribution in [0.4, 0.5) is 0 Å². The van der Waals surface area contributed by atoms with E-state index in [1.807, 2.05) is 31.2 Å². The van der Waals surface area contributed by atoms with Gasteiger partial charge in [0.1, 0.15) is 11.5 Å². The third kappa shape index (κ3) is 2.60. The highest BCUT2D eigenvalue weighted by atomic mass is 16.3. The number of rotatable bonds is 3. The van der Waals surface area contributed by atoms with E-state index in [1.165, 1.54) is 11.1 Å². The van der Waals surface area contributed by atoms with Crippen LogP contribution in [0.2, 0.25) is 0 Å². The summed E-state index contributed by atoms with van der Waals surface area (Å²) in [4.78, 5) is 12.3. The molecule has 20 heavy (non-hydrogen) atoms. The van der Waals surface area contributed by atoms with Crippen LogP contribution in [0, 0.1) is 6.92 Å². The molecule has 3 rings (SSSR count). The predicted molar refractivity (Wildman–Crippen MR) is 76.5 cm³/mol. The van der Waals surface area contributed by atoms with Gasteiger partial charge in [0.05, 0.1) is 6.54 Å². The molecule has 1 aromatic heterocycles. The summed E-state index contributed by atoms with van der Waals surface area (Å²) in [5.41, 5.74) is 3.17. The molecule has 2 N–H and O–H groups in total. The Bertz CT molecular complexity index is 631. The lowest BCUT2D eigenvalue weighted by molar-refractivity contribution is 0.0946. The highest BCUT2D eigenvalue weighted by molar-refractivity contribution is 5.96. The molecule has 4 heteroatoms. The van der Waals surface area contributed by atoms with Gasteiger partial charge in [0.25, 0.3) is 5.91 Å². The number of nitrogens with one attached hydrogen (secondary N) is 2. The smallest absolute Gasteiger partial charge is 0.251 e. The van der Waals surface area contributed by atoms with Crippen molar-refractivity contribution in [2.24, 2.45) is 0 Å². The molecule has 4 nitrogen and oxygen atoms in total. The Labute approximate surface area is 118 Å². The van der Waals surface area contributed by atoms with Gasteiger partial charge in [-0.2, -0.15) is 0 Å².